The fourth-order valence-electron chi connectivity index (χ4n) is 1.59. The first-order valence-electron chi connectivity index (χ1n) is 6.22. The van der Waals surface area contributed by atoms with Gasteiger partial charge in [-0.2, -0.15) is 0 Å². The summed E-state index contributed by atoms with van der Waals surface area (Å²) in [6, 6.07) is 4.30. The van der Waals surface area contributed by atoms with Crippen molar-refractivity contribution in [3.63, 3.8) is 0 Å². The molecule has 0 spiro atoms. The van der Waals surface area contributed by atoms with E-state index >= 15 is 0 Å². The third-order valence-electron chi connectivity index (χ3n) is 2.90. The highest BCUT2D eigenvalue weighted by Gasteiger charge is 2.12. The quantitative estimate of drug-likeness (QED) is 0.800. The van der Waals surface area contributed by atoms with Crippen LogP contribution >= 0.6 is 0 Å². The van der Waals surface area contributed by atoms with Crippen LogP contribution in [0.25, 0.3) is 0 Å². The first kappa shape index (κ1) is 16.0. The van der Waals surface area contributed by atoms with Gasteiger partial charge in [0.15, 0.2) is 0 Å². The van der Waals surface area contributed by atoms with Crippen LogP contribution in [0, 0.1) is 0 Å². The Morgan fingerprint density at radius 2 is 2.05 bits per heavy atom. The number of anilines is 1. The Balaban J connectivity index is 2.72. The van der Waals surface area contributed by atoms with Gasteiger partial charge >= 0.3 is 5.97 Å². The molecule has 0 heterocycles. The Hall–Kier alpha value is -2.08. The van der Waals surface area contributed by atoms with E-state index in [0.29, 0.717) is 24.3 Å². The molecule has 1 aromatic rings. The number of hydrogen-bond donors (Lipinski definition) is 2. The van der Waals surface area contributed by atoms with Crippen molar-refractivity contribution in [1.82, 2.24) is 0 Å². The minimum atomic E-state index is -1.05. The van der Waals surface area contributed by atoms with Crippen molar-refractivity contribution in [3.05, 3.63) is 23.8 Å². The van der Waals surface area contributed by atoms with Crippen LogP contribution in [0.4, 0.5) is 5.69 Å². The summed E-state index contributed by atoms with van der Waals surface area (Å²) in [6.07, 6.45) is 0.938. The summed E-state index contributed by atoms with van der Waals surface area (Å²) in [5.41, 5.74) is 0.556. The van der Waals surface area contributed by atoms with Gasteiger partial charge in [0.1, 0.15) is 5.75 Å². The van der Waals surface area contributed by atoms with Crippen LogP contribution in [0.2, 0.25) is 0 Å². The molecule has 0 radical (unpaired) electrons. The molecule has 0 aliphatic carbocycles. The average Bonchev–Trinajstić information content (AvgIpc) is 2.44. The largest absolute Gasteiger partial charge is 0.495 e. The number of carbonyl (C=O) groups is 2. The summed E-state index contributed by atoms with van der Waals surface area (Å²) in [6.45, 7) is 1.88. The Labute approximate surface area is 117 Å². The zero-order valence-electron chi connectivity index (χ0n) is 11.8. The molecule has 1 unspecified atom stereocenters. The van der Waals surface area contributed by atoms with E-state index in [0.717, 1.165) is 0 Å². The molecular formula is C14H19NO5. The fraction of sp³-hybridized carbons (Fsp3) is 0.429. The number of carbonyl (C=O) groups excluding carboxylic acids is 1. The SMILES string of the molecule is COc1cc(C(=O)O)ccc1NC(=O)CCC(C)OC. The van der Waals surface area contributed by atoms with Gasteiger partial charge in [0.25, 0.3) is 0 Å². The number of benzene rings is 1. The summed E-state index contributed by atoms with van der Waals surface area (Å²) >= 11 is 0. The smallest absolute Gasteiger partial charge is 0.335 e. The molecule has 0 fully saturated rings. The van der Waals surface area contributed by atoms with Crippen LogP contribution in [0.5, 0.6) is 5.75 Å². The van der Waals surface area contributed by atoms with Crippen molar-refractivity contribution < 1.29 is 24.2 Å². The van der Waals surface area contributed by atoms with Crippen LogP contribution in [0.15, 0.2) is 18.2 Å². The molecule has 6 heteroatoms. The molecule has 6 nitrogen and oxygen atoms in total. The third-order valence-corrected chi connectivity index (χ3v) is 2.90. The fourth-order valence-corrected chi connectivity index (χ4v) is 1.59. The minimum absolute atomic E-state index is 0.0111. The Morgan fingerprint density at radius 1 is 1.35 bits per heavy atom. The monoisotopic (exact) mass is 281 g/mol. The second-order valence-corrected chi connectivity index (χ2v) is 4.35. The highest BCUT2D eigenvalue weighted by Crippen LogP contribution is 2.25. The number of nitrogens with one attached hydrogen (secondary N) is 1. The average molecular weight is 281 g/mol. The number of carboxylic acid groups (broad SMARTS) is 1. The summed E-state index contributed by atoms with van der Waals surface area (Å²) in [5.74, 6) is -0.900. The molecule has 0 aliphatic heterocycles. The zero-order chi connectivity index (χ0) is 15.1. The van der Waals surface area contributed by atoms with Gasteiger partial charge in [-0.25, -0.2) is 4.79 Å². The first-order chi connectivity index (χ1) is 9.47. The van der Waals surface area contributed by atoms with E-state index in [2.05, 4.69) is 5.32 Å². The lowest BCUT2D eigenvalue weighted by atomic mass is 10.1. The maximum atomic E-state index is 11.8. The molecule has 1 amide bonds. The van der Waals surface area contributed by atoms with E-state index < -0.39 is 5.97 Å². The van der Waals surface area contributed by atoms with Crippen molar-refractivity contribution in [2.24, 2.45) is 0 Å². The minimum Gasteiger partial charge on any atom is -0.495 e. The number of methoxy groups -OCH3 is 2. The predicted molar refractivity (Wildman–Crippen MR) is 74.3 cm³/mol. The lowest BCUT2D eigenvalue weighted by Gasteiger charge is -2.12. The van der Waals surface area contributed by atoms with E-state index in [9.17, 15) is 9.59 Å². The standard InChI is InChI=1S/C14H19NO5/c1-9(19-2)4-7-13(16)15-11-6-5-10(14(17)18)8-12(11)20-3/h5-6,8-9H,4,7H2,1-3H3,(H,15,16)(H,17,18). The molecule has 1 atom stereocenters. The van der Waals surface area contributed by atoms with Gasteiger partial charge in [0.2, 0.25) is 5.91 Å². The van der Waals surface area contributed by atoms with Gasteiger partial charge in [-0.15, -0.1) is 0 Å². The summed E-state index contributed by atoms with van der Waals surface area (Å²) in [7, 11) is 3.01. The summed E-state index contributed by atoms with van der Waals surface area (Å²) in [5, 5.41) is 11.6. The molecule has 1 aromatic carbocycles. The Morgan fingerprint density at radius 3 is 2.60 bits per heavy atom. The summed E-state index contributed by atoms with van der Waals surface area (Å²) in [4.78, 5) is 22.6. The zero-order valence-corrected chi connectivity index (χ0v) is 11.8. The van der Waals surface area contributed by atoms with Crippen molar-refractivity contribution in [2.75, 3.05) is 19.5 Å². The van der Waals surface area contributed by atoms with Crippen LogP contribution in [-0.4, -0.2) is 37.3 Å². The van der Waals surface area contributed by atoms with Gasteiger partial charge in [0.05, 0.1) is 24.5 Å². The maximum Gasteiger partial charge on any atom is 0.335 e. The van der Waals surface area contributed by atoms with Gasteiger partial charge in [-0.3, -0.25) is 4.79 Å². The lowest BCUT2D eigenvalue weighted by molar-refractivity contribution is -0.116. The Kier molecular flexibility index (Phi) is 5.99. The summed E-state index contributed by atoms with van der Waals surface area (Å²) < 4.78 is 10.1. The lowest BCUT2D eigenvalue weighted by Crippen LogP contribution is -2.15. The highest BCUT2D eigenvalue weighted by atomic mass is 16.5. The molecule has 2 N–H and O–H groups in total. The maximum absolute atomic E-state index is 11.8. The van der Waals surface area contributed by atoms with E-state index in [-0.39, 0.29) is 17.6 Å². The molecule has 0 saturated heterocycles. The van der Waals surface area contributed by atoms with Gasteiger partial charge in [-0.05, 0) is 31.5 Å². The van der Waals surface area contributed by atoms with Crippen molar-refractivity contribution in [1.29, 1.82) is 0 Å². The molecule has 1 rings (SSSR count). The molecule has 20 heavy (non-hydrogen) atoms. The van der Waals surface area contributed by atoms with Gasteiger partial charge in [0, 0.05) is 13.5 Å². The Bertz CT molecular complexity index is 486. The van der Waals surface area contributed by atoms with E-state index in [1.807, 2.05) is 6.92 Å². The van der Waals surface area contributed by atoms with Crippen molar-refractivity contribution in [2.45, 2.75) is 25.9 Å². The second kappa shape index (κ2) is 7.49. The predicted octanol–water partition coefficient (Wildman–Crippen LogP) is 2.15. The first-order valence-corrected chi connectivity index (χ1v) is 6.22. The van der Waals surface area contributed by atoms with E-state index in [1.165, 1.54) is 25.3 Å². The number of carboxylic acids is 1. The highest BCUT2D eigenvalue weighted by molar-refractivity contribution is 5.94. The number of ether oxygens (including phenoxy) is 2. The molecule has 0 saturated carbocycles. The number of hydrogen-bond acceptors (Lipinski definition) is 4. The number of rotatable bonds is 7. The molecule has 110 valence electrons. The van der Waals surface area contributed by atoms with Crippen molar-refractivity contribution >= 4 is 17.6 Å². The van der Waals surface area contributed by atoms with Gasteiger partial charge < -0.3 is 19.9 Å². The third kappa shape index (κ3) is 4.55. The van der Waals surface area contributed by atoms with Crippen molar-refractivity contribution in [3.8, 4) is 5.75 Å². The van der Waals surface area contributed by atoms with Crippen LogP contribution in [-0.2, 0) is 9.53 Å². The molecule has 0 aliphatic rings. The van der Waals surface area contributed by atoms with Crippen LogP contribution < -0.4 is 10.1 Å². The molecular weight excluding hydrogens is 262 g/mol. The van der Waals surface area contributed by atoms with Crippen LogP contribution in [0.3, 0.4) is 0 Å². The second-order valence-electron chi connectivity index (χ2n) is 4.35. The van der Waals surface area contributed by atoms with Gasteiger partial charge in [-0.1, -0.05) is 0 Å². The number of amides is 1. The van der Waals surface area contributed by atoms with E-state index in [4.69, 9.17) is 14.6 Å². The molecule has 0 bridgehead atoms. The molecule has 0 aromatic heterocycles. The van der Waals surface area contributed by atoms with Crippen LogP contribution in [0.1, 0.15) is 30.1 Å². The van der Waals surface area contributed by atoms with E-state index in [1.54, 1.807) is 7.11 Å². The normalized spacial score (nSPS) is 11.8. The topological polar surface area (TPSA) is 84.9 Å². The number of aromatic carboxylic acids is 1.